The molecule has 3 rings (SSSR count). The standard InChI is InChI=1S/C16H18N4O3S/c1-12-5-6-14-13(11-12)20(10-7-17)18-15(24(14,22)23)16(21)19-8-3-2-4-9-19/h5-6,11H,2-4,8-10H2,1H3. The van der Waals surface area contributed by atoms with Crippen molar-refractivity contribution in [3.05, 3.63) is 23.8 Å². The summed E-state index contributed by atoms with van der Waals surface area (Å²) in [5.41, 5.74) is 1.19. The third kappa shape index (κ3) is 2.76. The summed E-state index contributed by atoms with van der Waals surface area (Å²) in [4.78, 5) is 14.3. The highest BCUT2D eigenvalue weighted by Crippen LogP contribution is 2.33. The largest absolute Gasteiger partial charge is 0.337 e. The van der Waals surface area contributed by atoms with Gasteiger partial charge in [0.1, 0.15) is 6.54 Å². The van der Waals surface area contributed by atoms with Crippen molar-refractivity contribution in [1.82, 2.24) is 4.90 Å². The van der Waals surface area contributed by atoms with Gasteiger partial charge in [-0.3, -0.25) is 4.79 Å². The number of carbonyl (C=O) groups excluding carboxylic acids is 1. The Morgan fingerprint density at radius 1 is 1.29 bits per heavy atom. The highest BCUT2D eigenvalue weighted by molar-refractivity contribution is 8.08. The van der Waals surface area contributed by atoms with E-state index in [1.54, 1.807) is 12.1 Å². The van der Waals surface area contributed by atoms with Crippen LogP contribution in [0.15, 0.2) is 28.2 Å². The third-order valence-electron chi connectivity index (χ3n) is 4.19. The first-order chi connectivity index (χ1) is 11.4. The van der Waals surface area contributed by atoms with Gasteiger partial charge in [-0.25, -0.2) is 13.4 Å². The molecule has 126 valence electrons. The van der Waals surface area contributed by atoms with Gasteiger partial charge in [-0.15, -0.1) is 0 Å². The number of piperidine rings is 1. The first-order valence-electron chi connectivity index (χ1n) is 7.83. The van der Waals surface area contributed by atoms with Crippen molar-refractivity contribution >= 4 is 26.5 Å². The second-order valence-electron chi connectivity index (χ2n) is 5.95. The van der Waals surface area contributed by atoms with E-state index < -0.39 is 20.8 Å². The number of benzene rings is 1. The Kier molecular flexibility index (Phi) is 4.28. The van der Waals surface area contributed by atoms with Gasteiger partial charge in [-0.2, -0.15) is 10.4 Å². The fourth-order valence-corrected chi connectivity index (χ4v) is 4.42. The molecule has 2 aliphatic rings. The number of sulfone groups is 1. The number of hydrogen-bond acceptors (Lipinski definition) is 6. The summed E-state index contributed by atoms with van der Waals surface area (Å²) in [7, 11) is -3.99. The summed E-state index contributed by atoms with van der Waals surface area (Å²) in [6.07, 6.45) is 2.75. The zero-order valence-electron chi connectivity index (χ0n) is 13.4. The maximum atomic E-state index is 12.9. The van der Waals surface area contributed by atoms with Crippen LogP contribution in [0.25, 0.3) is 0 Å². The predicted molar refractivity (Wildman–Crippen MR) is 89.2 cm³/mol. The van der Waals surface area contributed by atoms with Crippen molar-refractivity contribution < 1.29 is 13.2 Å². The van der Waals surface area contributed by atoms with E-state index in [1.165, 1.54) is 16.0 Å². The molecule has 2 heterocycles. The number of hydrazone groups is 1. The number of nitriles is 1. The van der Waals surface area contributed by atoms with Gasteiger partial charge in [-0.1, -0.05) is 6.07 Å². The Morgan fingerprint density at radius 3 is 2.67 bits per heavy atom. The lowest BCUT2D eigenvalue weighted by Gasteiger charge is -2.30. The Hall–Kier alpha value is -2.40. The van der Waals surface area contributed by atoms with Gasteiger partial charge in [0.2, 0.25) is 14.9 Å². The number of anilines is 1. The maximum Gasteiger partial charge on any atom is 0.286 e. The molecule has 1 aromatic rings. The van der Waals surface area contributed by atoms with Crippen molar-refractivity contribution in [3.63, 3.8) is 0 Å². The molecular formula is C16H18N4O3S. The molecule has 0 N–H and O–H groups in total. The van der Waals surface area contributed by atoms with Crippen molar-refractivity contribution in [2.45, 2.75) is 31.1 Å². The minimum absolute atomic E-state index is 0.0266. The van der Waals surface area contributed by atoms with Gasteiger partial charge in [-0.05, 0) is 43.9 Å². The van der Waals surface area contributed by atoms with Crippen molar-refractivity contribution in [2.24, 2.45) is 5.10 Å². The van der Waals surface area contributed by atoms with Gasteiger partial charge >= 0.3 is 0 Å². The maximum absolute atomic E-state index is 12.9. The third-order valence-corrected chi connectivity index (χ3v) is 5.88. The van der Waals surface area contributed by atoms with Crippen molar-refractivity contribution in [2.75, 3.05) is 24.6 Å². The quantitative estimate of drug-likeness (QED) is 0.755. The summed E-state index contributed by atoms with van der Waals surface area (Å²) < 4.78 is 25.7. The molecule has 0 atom stereocenters. The minimum Gasteiger partial charge on any atom is -0.337 e. The van der Waals surface area contributed by atoms with Crippen LogP contribution >= 0.6 is 0 Å². The van der Waals surface area contributed by atoms with Gasteiger partial charge in [0.05, 0.1) is 16.7 Å². The Balaban J connectivity index is 2.08. The Morgan fingerprint density at radius 2 is 2.00 bits per heavy atom. The lowest BCUT2D eigenvalue weighted by molar-refractivity contribution is -0.124. The van der Waals surface area contributed by atoms with E-state index in [2.05, 4.69) is 5.10 Å². The Bertz CT molecular complexity index is 849. The van der Waals surface area contributed by atoms with Crippen molar-refractivity contribution in [1.29, 1.82) is 5.26 Å². The Labute approximate surface area is 141 Å². The first-order valence-corrected chi connectivity index (χ1v) is 9.31. The number of hydrogen-bond donors (Lipinski definition) is 0. The molecule has 0 unspecified atom stereocenters. The molecule has 0 aliphatic carbocycles. The summed E-state index contributed by atoms with van der Waals surface area (Å²) >= 11 is 0. The molecule has 0 saturated carbocycles. The first kappa shape index (κ1) is 16.5. The van der Waals surface area contributed by atoms with Crippen LogP contribution in [0.1, 0.15) is 24.8 Å². The van der Waals surface area contributed by atoms with Crippen LogP contribution in [0, 0.1) is 18.3 Å². The predicted octanol–water partition coefficient (Wildman–Crippen LogP) is 1.44. The van der Waals surface area contributed by atoms with Gasteiger partial charge in [0.15, 0.2) is 0 Å². The second-order valence-corrected chi connectivity index (χ2v) is 7.78. The fourth-order valence-electron chi connectivity index (χ4n) is 2.96. The second kappa shape index (κ2) is 6.24. The number of amides is 1. The van der Waals surface area contributed by atoms with Crippen LogP contribution in [0.4, 0.5) is 5.69 Å². The molecule has 7 nitrogen and oxygen atoms in total. The molecular weight excluding hydrogens is 328 g/mol. The molecule has 2 aliphatic heterocycles. The molecule has 0 radical (unpaired) electrons. The number of aryl methyl sites for hydroxylation is 1. The van der Waals surface area contributed by atoms with Gasteiger partial charge in [0, 0.05) is 13.1 Å². The van der Waals surface area contributed by atoms with Crippen LogP contribution in [0.2, 0.25) is 0 Å². The van der Waals surface area contributed by atoms with Crippen LogP contribution in [-0.2, 0) is 14.6 Å². The van der Waals surface area contributed by atoms with Gasteiger partial charge in [0.25, 0.3) is 5.91 Å². The average molecular weight is 346 g/mol. The number of carbonyl (C=O) groups is 1. The zero-order valence-corrected chi connectivity index (χ0v) is 14.2. The average Bonchev–Trinajstić information content (AvgIpc) is 2.57. The van der Waals surface area contributed by atoms with E-state index in [9.17, 15) is 13.2 Å². The summed E-state index contributed by atoms with van der Waals surface area (Å²) in [5.74, 6) is -0.580. The highest BCUT2D eigenvalue weighted by Gasteiger charge is 2.39. The molecule has 0 bridgehead atoms. The zero-order chi connectivity index (χ0) is 17.3. The number of rotatable bonds is 2. The van der Waals surface area contributed by atoms with E-state index >= 15 is 0 Å². The van der Waals surface area contributed by atoms with Gasteiger partial charge < -0.3 is 4.90 Å². The molecule has 0 spiro atoms. The summed E-state index contributed by atoms with van der Waals surface area (Å²) in [5, 5.41) is 13.8. The number of likely N-dealkylation sites (tertiary alicyclic amines) is 1. The molecule has 1 fully saturated rings. The fraction of sp³-hybridized carbons (Fsp3) is 0.438. The number of fused-ring (bicyclic) bond motifs is 1. The van der Waals surface area contributed by atoms with E-state index in [0.717, 1.165) is 24.8 Å². The minimum atomic E-state index is -3.99. The SMILES string of the molecule is Cc1ccc2c(c1)N(CC#N)N=C(C(=O)N1CCCCC1)S2(=O)=O. The monoisotopic (exact) mass is 346 g/mol. The van der Waals surface area contributed by atoms with E-state index in [-0.39, 0.29) is 11.4 Å². The number of nitrogens with zero attached hydrogens (tertiary/aromatic N) is 4. The topological polar surface area (TPSA) is 93.8 Å². The molecule has 8 heteroatoms. The van der Waals surface area contributed by atoms with Crippen LogP contribution in [0.3, 0.4) is 0 Å². The highest BCUT2D eigenvalue weighted by atomic mass is 32.2. The lowest BCUT2D eigenvalue weighted by atomic mass is 10.1. The summed E-state index contributed by atoms with van der Waals surface area (Å²) in [6, 6.07) is 6.78. The van der Waals surface area contributed by atoms with Crippen LogP contribution < -0.4 is 5.01 Å². The van der Waals surface area contributed by atoms with E-state index in [1.807, 2.05) is 13.0 Å². The smallest absolute Gasteiger partial charge is 0.286 e. The molecule has 24 heavy (non-hydrogen) atoms. The lowest BCUT2D eigenvalue weighted by Crippen LogP contribution is -2.45. The van der Waals surface area contributed by atoms with Crippen molar-refractivity contribution in [3.8, 4) is 6.07 Å². The molecule has 1 amide bonds. The van der Waals surface area contributed by atoms with Crippen LogP contribution in [0.5, 0.6) is 0 Å². The molecule has 0 aromatic heterocycles. The molecule has 1 saturated heterocycles. The molecule has 1 aromatic carbocycles. The van der Waals surface area contributed by atoms with E-state index in [4.69, 9.17) is 5.26 Å². The van der Waals surface area contributed by atoms with Crippen LogP contribution in [-0.4, -0.2) is 43.9 Å². The normalized spacial score (nSPS) is 19.2. The van der Waals surface area contributed by atoms with E-state index in [0.29, 0.717) is 18.8 Å². The summed E-state index contributed by atoms with van der Waals surface area (Å²) in [6.45, 7) is 2.77.